The van der Waals surface area contributed by atoms with Crippen molar-refractivity contribution in [3.05, 3.63) is 92.8 Å². The minimum absolute atomic E-state index is 0.149. The van der Waals surface area contributed by atoms with Gasteiger partial charge in [0, 0.05) is 61.7 Å². The molecule has 3 unspecified atom stereocenters. The molecule has 3 aliphatic rings. The van der Waals surface area contributed by atoms with Gasteiger partial charge in [-0.1, -0.05) is 12.1 Å². The van der Waals surface area contributed by atoms with Crippen LogP contribution in [0, 0.1) is 12.7 Å². The Hall–Kier alpha value is -3.78. The number of esters is 1. The fraction of sp³-hybridized carbons (Fsp3) is 0.355. The molecule has 3 atom stereocenters. The smallest absolute Gasteiger partial charge is 0.338 e. The van der Waals surface area contributed by atoms with Crippen LogP contribution in [0.4, 0.5) is 10.1 Å². The van der Waals surface area contributed by atoms with Crippen LogP contribution in [-0.2, 0) is 9.53 Å². The molecule has 6 rings (SSSR count). The second kappa shape index (κ2) is 12.7. The zero-order valence-electron chi connectivity index (χ0n) is 24.3. The molecule has 0 radical (unpaired) electrons. The topological polar surface area (TPSA) is 111 Å². The van der Waals surface area contributed by atoms with Crippen molar-refractivity contribution >= 4 is 47.4 Å². The van der Waals surface area contributed by atoms with E-state index in [4.69, 9.17) is 22.4 Å². The Kier molecular flexibility index (Phi) is 8.72. The summed E-state index contributed by atoms with van der Waals surface area (Å²) in [6, 6.07) is 11.1. The molecule has 0 aliphatic carbocycles. The van der Waals surface area contributed by atoms with Gasteiger partial charge in [0.2, 0.25) is 0 Å². The van der Waals surface area contributed by atoms with E-state index in [0.717, 1.165) is 25.3 Å². The first-order chi connectivity index (χ1) is 21.2. The van der Waals surface area contributed by atoms with Crippen molar-refractivity contribution in [1.82, 2.24) is 20.1 Å². The molecule has 3 aliphatic heterocycles. The number of carbonyl (C=O) groups excluding carboxylic acids is 1. The van der Waals surface area contributed by atoms with Gasteiger partial charge in [-0.15, -0.1) is 24.0 Å². The maximum atomic E-state index is 14.8. The Morgan fingerprint density at radius 1 is 1.18 bits per heavy atom. The van der Waals surface area contributed by atoms with Crippen LogP contribution in [-0.4, -0.2) is 88.5 Å². The number of carboxylic acid groups (broad SMARTS) is 1. The maximum Gasteiger partial charge on any atom is 0.338 e. The number of carbonyl (C=O) groups is 2. The van der Waals surface area contributed by atoms with Crippen molar-refractivity contribution in [3.63, 3.8) is 0 Å². The zero-order chi connectivity index (χ0) is 31.0. The lowest BCUT2D eigenvalue weighted by atomic mass is 9.92. The summed E-state index contributed by atoms with van der Waals surface area (Å²) in [5.41, 5.74) is 3.06. The summed E-state index contributed by atoms with van der Waals surface area (Å²) in [5, 5.41) is 15.2. The molecule has 0 amide bonds. The van der Waals surface area contributed by atoms with E-state index in [0.29, 0.717) is 46.3 Å². The second-order valence-electron chi connectivity index (χ2n) is 10.9. The van der Waals surface area contributed by atoms with Gasteiger partial charge in [0.05, 0.1) is 17.7 Å². The van der Waals surface area contributed by atoms with Crippen LogP contribution in [0.5, 0.6) is 0 Å². The van der Waals surface area contributed by atoms with Gasteiger partial charge < -0.3 is 20.1 Å². The summed E-state index contributed by atoms with van der Waals surface area (Å²) >= 11 is 6.34. The molecule has 2 fully saturated rings. The molecular weight excluding hydrogens is 604 g/mol. The van der Waals surface area contributed by atoms with Gasteiger partial charge >= 0.3 is 11.9 Å². The summed E-state index contributed by atoms with van der Waals surface area (Å²) in [6.45, 7) is 7.00. The molecule has 0 saturated carbocycles. The van der Waals surface area contributed by atoms with Crippen molar-refractivity contribution in [1.29, 1.82) is 0 Å². The first-order valence-electron chi connectivity index (χ1n) is 14.4. The lowest BCUT2D eigenvalue weighted by molar-refractivity contribution is -0.139. The van der Waals surface area contributed by atoms with Crippen molar-refractivity contribution < 1.29 is 23.8 Å². The number of hydrogen-bond acceptors (Lipinski definition) is 11. The number of benzene rings is 2. The Labute approximate surface area is 264 Å². The van der Waals surface area contributed by atoms with Crippen LogP contribution in [0.3, 0.4) is 0 Å². The molecule has 0 bridgehead atoms. The molecule has 13 heteroatoms. The Morgan fingerprint density at radius 2 is 1.98 bits per heavy atom. The third-order valence-electron chi connectivity index (χ3n) is 8.28. The number of nitrogens with one attached hydrogen (secondary N) is 1. The van der Waals surface area contributed by atoms with E-state index < -0.39 is 18.0 Å². The number of halogens is 1. The summed E-state index contributed by atoms with van der Waals surface area (Å²) in [4.78, 5) is 41.0. The average molecular weight is 637 g/mol. The van der Waals surface area contributed by atoms with E-state index >= 15 is 0 Å². The first kappa shape index (κ1) is 30.3. The van der Waals surface area contributed by atoms with Gasteiger partial charge in [0.1, 0.15) is 17.4 Å². The van der Waals surface area contributed by atoms with Gasteiger partial charge in [-0.25, -0.2) is 19.0 Å². The minimum atomic E-state index is -0.959. The van der Waals surface area contributed by atoms with Crippen LogP contribution in [0.2, 0.25) is 0 Å². The van der Waals surface area contributed by atoms with E-state index in [-0.39, 0.29) is 29.5 Å². The Morgan fingerprint density at radius 3 is 2.68 bits per heavy atom. The number of aromatic carboxylic acids is 1. The second-order valence-corrected chi connectivity index (χ2v) is 12.2. The van der Waals surface area contributed by atoms with Gasteiger partial charge in [0.25, 0.3) is 0 Å². The Balaban J connectivity index is 1.29. The average Bonchev–Trinajstić information content (AvgIpc) is 3.67. The largest absolute Gasteiger partial charge is 0.478 e. The van der Waals surface area contributed by atoms with E-state index in [1.807, 2.05) is 17.5 Å². The monoisotopic (exact) mass is 636 g/mol. The van der Waals surface area contributed by atoms with E-state index in [9.17, 15) is 19.1 Å². The molecule has 3 aromatic rings. The summed E-state index contributed by atoms with van der Waals surface area (Å²) in [6.07, 6.45) is 1.70. The molecule has 0 spiro atoms. The number of rotatable bonds is 8. The number of fused-ring (bicyclic) bond motifs is 1. The number of thiazole rings is 1. The lowest BCUT2D eigenvalue weighted by Gasteiger charge is -2.39. The SMILES string of the molecule is CCOC(=O)C1=C(CN2CCN3C(C2)CN(c2ccc(C(=O)O)cc2)C3S)NC(c2nccs2)=NC1c1cccc(F)c1C. The van der Waals surface area contributed by atoms with Crippen LogP contribution < -0.4 is 10.2 Å². The fourth-order valence-electron chi connectivity index (χ4n) is 6.07. The molecule has 2 saturated heterocycles. The van der Waals surface area contributed by atoms with Crippen LogP contribution in [0.25, 0.3) is 0 Å². The van der Waals surface area contributed by atoms with Gasteiger partial charge in [-0.3, -0.25) is 14.8 Å². The number of hydrogen-bond donors (Lipinski definition) is 3. The number of nitrogens with zero attached hydrogens (tertiary/aromatic N) is 5. The number of anilines is 1. The molecule has 44 heavy (non-hydrogen) atoms. The highest BCUT2D eigenvalue weighted by molar-refractivity contribution is 7.81. The number of thiol groups is 1. The third kappa shape index (κ3) is 5.84. The molecule has 4 heterocycles. The quantitative estimate of drug-likeness (QED) is 0.250. The fourth-order valence-corrected chi connectivity index (χ4v) is 7.19. The van der Waals surface area contributed by atoms with Gasteiger partial charge in [-0.05, 0) is 55.3 Å². The van der Waals surface area contributed by atoms with Crippen molar-refractivity contribution in [2.24, 2.45) is 4.99 Å². The number of aliphatic imine (C=N–C) groups is 1. The minimum Gasteiger partial charge on any atom is -0.478 e. The van der Waals surface area contributed by atoms with Crippen LogP contribution in [0.15, 0.2) is 70.3 Å². The van der Waals surface area contributed by atoms with Crippen molar-refractivity contribution in [2.45, 2.75) is 31.4 Å². The van der Waals surface area contributed by atoms with Crippen LogP contribution in [0.1, 0.15) is 39.5 Å². The molecular formula is C31H33FN6O4S2. The standard InChI is InChI=1S/C31H33FN6O4S2/c1-3-42-30(41)25-24(34-27(28-33-11-14-44-28)35-26(25)22-5-4-6-23(32)18(22)2)17-36-12-13-37-21(15-36)16-38(31(37)43)20-9-7-19(8-10-20)29(39)40/h4-11,14,21,26,31,43H,3,12-13,15-17H2,1-2H3,(H,34,35)(H,39,40). The van der Waals surface area contributed by atoms with Gasteiger partial charge in [0.15, 0.2) is 10.8 Å². The number of amidine groups is 1. The van der Waals surface area contributed by atoms with E-state index in [1.165, 1.54) is 17.4 Å². The molecule has 230 valence electrons. The van der Waals surface area contributed by atoms with E-state index in [1.54, 1.807) is 44.3 Å². The molecule has 10 nitrogen and oxygen atoms in total. The molecule has 2 N–H and O–H groups in total. The number of piperazine rings is 1. The first-order valence-corrected chi connectivity index (χ1v) is 15.8. The predicted octanol–water partition coefficient (Wildman–Crippen LogP) is 3.92. The van der Waals surface area contributed by atoms with Gasteiger partial charge in [-0.2, -0.15) is 0 Å². The third-order valence-corrected chi connectivity index (χ3v) is 9.64. The highest BCUT2D eigenvalue weighted by atomic mass is 32.1. The normalized spacial score (nSPS) is 22.4. The van der Waals surface area contributed by atoms with E-state index in [2.05, 4.69) is 25.0 Å². The number of ether oxygens (including phenoxy) is 1. The lowest BCUT2D eigenvalue weighted by Crippen LogP contribution is -2.53. The summed E-state index contributed by atoms with van der Waals surface area (Å²) in [7, 11) is 0. The predicted molar refractivity (Wildman–Crippen MR) is 170 cm³/mol. The summed E-state index contributed by atoms with van der Waals surface area (Å²) in [5.74, 6) is -1.28. The van der Waals surface area contributed by atoms with Crippen molar-refractivity contribution in [3.8, 4) is 0 Å². The van der Waals surface area contributed by atoms with Crippen LogP contribution >= 0.6 is 24.0 Å². The Bertz CT molecular complexity index is 1610. The highest BCUT2D eigenvalue weighted by Crippen LogP contribution is 2.36. The highest BCUT2D eigenvalue weighted by Gasteiger charge is 2.42. The number of carboxylic acids is 1. The molecule has 2 aromatic carbocycles. The molecule has 1 aromatic heterocycles. The van der Waals surface area contributed by atoms with Crippen molar-refractivity contribution in [2.75, 3.05) is 44.2 Å². The number of aromatic nitrogens is 1. The maximum absolute atomic E-state index is 14.8. The zero-order valence-corrected chi connectivity index (χ0v) is 26.0. The summed E-state index contributed by atoms with van der Waals surface area (Å²) < 4.78 is 20.3.